The minimum absolute atomic E-state index is 0.224. The molecule has 152 valence electrons. The first-order valence-electron chi connectivity index (χ1n) is 8.63. The highest BCUT2D eigenvalue weighted by Gasteiger charge is 2.30. The molecule has 0 amide bonds. The first-order chi connectivity index (χ1) is 13.3. The average molecular weight is 412 g/mol. The van der Waals surface area contributed by atoms with E-state index < -0.39 is 11.7 Å². The molecule has 0 fully saturated rings. The monoisotopic (exact) mass is 412 g/mol. The largest absolute Gasteiger partial charge is 0.496 e. The summed E-state index contributed by atoms with van der Waals surface area (Å²) in [6.07, 6.45) is -2.96. The number of ether oxygens (including phenoxy) is 3. The van der Waals surface area contributed by atoms with Crippen LogP contribution >= 0.6 is 11.8 Å². The van der Waals surface area contributed by atoms with Crippen molar-refractivity contribution in [2.24, 2.45) is 0 Å². The number of benzene rings is 2. The van der Waals surface area contributed by atoms with E-state index in [9.17, 15) is 13.2 Å². The Morgan fingerprint density at radius 3 is 2.43 bits per heavy atom. The number of aryl methyl sites for hydroxylation is 1. The van der Waals surface area contributed by atoms with E-state index in [-0.39, 0.29) is 12.7 Å². The maximum atomic E-state index is 12.6. The third kappa shape index (κ3) is 6.80. The zero-order valence-electron chi connectivity index (χ0n) is 15.8. The molecule has 0 aliphatic heterocycles. The minimum Gasteiger partial charge on any atom is -0.496 e. The molecule has 2 aromatic carbocycles. The van der Waals surface area contributed by atoms with Gasteiger partial charge >= 0.3 is 6.18 Å². The molecule has 0 heterocycles. The van der Waals surface area contributed by atoms with Crippen LogP contribution in [0.1, 0.15) is 11.1 Å². The highest BCUT2D eigenvalue weighted by Crippen LogP contribution is 2.30. The summed E-state index contributed by atoms with van der Waals surface area (Å²) in [4.78, 5) is 1.07. The second kappa shape index (κ2) is 10.4. The Bertz CT molecular complexity index is 760. The van der Waals surface area contributed by atoms with Crippen molar-refractivity contribution in [3.05, 3.63) is 66.2 Å². The molecule has 0 N–H and O–H groups in total. The van der Waals surface area contributed by atoms with Crippen molar-refractivity contribution in [1.82, 2.24) is 0 Å². The quantitative estimate of drug-likeness (QED) is 0.366. The zero-order valence-corrected chi connectivity index (χ0v) is 16.6. The van der Waals surface area contributed by atoms with E-state index in [4.69, 9.17) is 14.2 Å². The zero-order chi connectivity index (χ0) is 20.6. The van der Waals surface area contributed by atoms with E-state index in [1.165, 1.54) is 12.1 Å². The molecular formula is C21H23F3O3S. The summed E-state index contributed by atoms with van der Waals surface area (Å²) in [6.45, 7) is 6.20. The molecule has 7 heteroatoms. The lowest BCUT2D eigenvalue weighted by molar-refractivity contribution is -0.137. The lowest BCUT2D eigenvalue weighted by Crippen LogP contribution is -2.24. The van der Waals surface area contributed by atoms with Crippen LogP contribution in [0.4, 0.5) is 13.2 Å². The summed E-state index contributed by atoms with van der Waals surface area (Å²) in [5.74, 6) is 1.82. The average Bonchev–Trinajstić information content (AvgIpc) is 2.67. The van der Waals surface area contributed by atoms with Gasteiger partial charge in [-0.25, -0.2) is 0 Å². The van der Waals surface area contributed by atoms with Crippen molar-refractivity contribution in [3.63, 3.8) is 0 Å². The summed E-state index contributed by atoms with van der Waals surface area (Å²) in [5.41, 5.74) is 0.335. The maximum Gasteiger partial charge on any atom is 0.416 e. The molecule has 0 aliphatic rings. The predicted molar refractivity (Wildman–Crippen MR) is 105 cm³/mol. The van der Waals surface area contributed by atoms with Crippen LogP contribution in [-0.2, 0) is 10.9 Å². The molecule has 0 radical (unpaired) electrons. The summed E-state index contributed by atoms with van der Waals surface area (Å²) in [5, 5.41) is 0. The Morgan fingerprint density at radius 1 is 1.14 bits per heavy atom. The molecule has 2 aromatic rings. The molecule has 1 unspecified atom stereocenters. The summed E-state index contributed by atoms with van der Waals surface area (Å²) in [6, 6.07) is 10.5. The Morgan fingerprint density at radius 2 is 1.86 bits per heavy atom. The number of alkyl halides is 3. The van der Waals surface area contributed by atoms with Crippen LogP contribution in [0.15, 0.2) is 60.0 Å². The van der Waals surface area contributed by atoms with Gasteiger partial charge in [0.25, 0.3) is 0 Å². The summed E-state index contributed by atoms with van der Waals surface area (Å²) >= 11 is 1.61. The van der Waals surface area contributed by atoms with E-state index in [1.807, 2.05) is 25.1 Å². The van der Waals surface area contributed by atoms with E-state index in [1.54, 1.807) is 24.9 Å². The number of hydrogen-bond donors (Lipinski definition) is 0. The molecule has 0 aromatic heterocycles. The van der Waals surface area contributed by atoms with Gasteiger partial charge in [0, 0.05) is 10.6 Å². The van der Waals surface area contributed by atoms with Gasteiger partial charge in [-0.05, 0) is 55.0 Å². The van der Waals surface area contributed by atoms with Crippen LogP contribution in [0.2, 0.25) is 0 Å². The van der Waals surface area contributed by atoms with Gasteiger partial charge in [0.15, 0.2) is 0 Å². The molecule has 0 spiro atoms. The van der Waals surface area contributed by atoms with Gasteiger partial charge in [-0.2, -0.15) is 13.2 Å². The molecule has 2 rings (SSSR count). The van der Waals surface area contributed by atoms with E-state index in [0.717, 1.165) is 28.3 Å². The fourth-order valence-electron chi connectivity index (χ4n) is 2.41. The molecule has 1 atom stereocenters. The third-order valence-electron chi connectivity index (χ3n) is 3.87. The second-order valence-corrected chi connectivity index (χ2v) is 7.11. The number of halogens is 3. The van der Waals surface area contributed by atoms with Crippen LogP contribution in [0.3, 0.4) is 0 Å². The number of hydrogen-bond acceptors (Lipinski definition) is 4. The van der Waals surface area contributed by atoms with Crippen molar-refractivity contribution in [1.29, 1.82) is 0 Å². The van der Waals surface area contributed by atoms with Gasteiger partial charge in [-0.3, -0.25) is 0 Å². The Balaban J connectivity index is 1.93. The Kier molecular flexibility index (Phi) is 8.26. The SMILES string of the molecule is C=CCOC(COc1ccc(C(F)(F)F)cc1)CSc1ccc(OC)c(C)c1. The first kappa shape index (κ1) is 22.2. The van der Waals surface area contributed by atoms with Crippen LogP contribution in [-0.4, -0.2) is 32.2 Å². The summed E-state index contributed by atoms with van der Waals surface area (Å²) < 4.78 is 54.5. The molecular weight excluding hydrogens is 389 g/mol. The first-order valence-corrected chi connectivity index (χ1v) is 9.62. The van der Waals surface area contributed by atoms with Gasteiger partial charge < -0.3 is 14.2 Å². The van der Waals surface area contributed by atoms with E-state index in [2.05, 4.69) is 6.58 Å². The topological polar surface area (TPSA) is 27.7 Å². The molecule has 0 saturated heterocycles. The van der Waals surface area contributed by atoms with Crippen molar-refractivity contribution >= 4 is 11.8 Å². The normalized spacial score (nSPS) is 12.5. The maximum absolute atomic E-state index is 12.6. The smallest absolute Gasteiger partial charge is 0.416 e. The van der Waals surface area contributed by atoms with Crippen LogP contribution in [0.5, 0.6) is 11.5 Å². The fourth-order valence-corrected chi connectivity index (χ4v) is 3.40. The number of thioether (sulfide) groups is 1. The van der Waals surface area contributed by atoms with Gasteiger partial charge in [-0.1, -0.05) is 6.08 Å². The second-order valence-electron chi connectivity index (χ2n) is 6.02. The molecule has 0 bridgehead atoms. The van der Waals surface area contributed by atoms with Gasteiger partial charge in [0.05, 0.1) is 19.3 Å². The standard InChI is InChI=1S/C21H23F3O3S/c1-4-11-26-18(14-28-19-9-10-20(25-3)15(2)12-19)13-27-17-7-5-16(6-8-17)21(22,23)24/h4-10,12,18H,1,11,13-14H2,2-3H3. The summed E-state index contributed by atoms with van der Waals surface area (Å²) in [7, 11) is 1.63. The lowest BCUT2D eigenvalue weighted by Gasteiger charge is -2.18. The molecule has 0 saturated carbocycles. The highest BCUT2D eigenvalue weighted by atomic mass is 32.2. The van der Waals surface area contributed by atoms with Crippen molar-refractivity contribution in [3.8, 4) is 11.5 Å². The Hall–Kier alpha value is -2.12. The Labute approximate surface area is 167 Å². The van der Waals surface area contributed by atoms with Crippen LogP contribution in [0.25, 0.3) is 0 Å². The molecule has 3 nitrogen and oxygen atoms in total. The van der Waals surface area contributed by atoms with E-state index >= 15 is 0 Å². The molecule has 0 aliphatic carbocycles. The fraction of sp³-hybridized carbons (Fsp3) is 0.333. The molecule has 28 heavy (non-hydrogen) atoms. The van der Waals surface area contributed by atoms with Crippen LogP contribution < -0.4 is 9.47 Å². The lowest BCUT2D eigenvalue weighted by atomic mass is 10.2. The van der Waals surface area contributed by atoms with Gasteiger partial charge in [0.2, 0.25) is 0 Å². The third-order valence-corrected chi connectivity index (χ3v) is 5.00. The predicted octanol–water partition coefficient (Wildman–Crippen LogP) is 5.76. The van der Waals surface area contributed by atoms with Crippen molar-refractivity contribution < 1.29 is 27.4 Å². The number of rotatable bonds is 10. The van der Waals surface area contributed by atoms with Crippen LogP contribution in [0, 0.1) is 6.92 Å². The van der Waals surface area contributed by atoms with Crippen molar-refractivity contribution in [2.75, 3.05) is 26.1 Å². The minimum atomic E-state index is -4.36. The van der Waals surface area contributed by atoms with Gasteiger partial charge in [0.1, 0.15) is 24.2 Å². The number of methoxy groups -OCH3 is 1. The van der Waals surface area contributed by atoms with Gasteiger partial charge in [-0.15, -0.1) is 18.3 Å². The van der Waals surface area contributed by atoms with Crippen molar-refractivity contribution in [2.45, 2.75) is 24.1 Å². The highest BCUT2D eigenvalue weighted by molar-refractivity contribution is 7.99. The van der Waals surface area contributed by atoms with E-state index in [0.29, 0.717) is 18.1 Å².